The summed E-state index contributed by atoms with van der Waals surface area (Å²) in [5, 5.41) is 24.2. The van der Waals surface area contributed by atoms with Gasteiger partial charge >= 0.3 is 0 Å². The molecular formula is C26H28N6O2. The molecule has 34 heavy (non-hydrogen) atoms. The van der Waals surface area contributed by atoms with Crippen LogP contribution in [0.25, 0.3) is 16.9 Å². The summed E-state index contributed by atoms with van der Waals surface area (Å²) in [6.45, 7) is 5.89. The Labute approximate surface area is 199 Å². The van der Waals surface area contributed by atoms with Crippen LogP contribution in [0.5, 0.6) is 5.88 Å². The predicted octanol–water partition coefficient (Wildman–Crippen LogP) is 3.52. The van der Waals surface area contributed by atoms with E-state index in [4.69, 9.17) is 5.26 Å². The summed E-state index contributed by atoms with van der Waals surface area (Å²) in [6, 6.07) is 11.1. The number of benzene rings is 1. The molecule has 5 rings (SSSR count). The average Bonchev–Trinajstić information content (AvgIpc) is 3.61. The summed E-state index contributed by atoms with van der Waals surface area (Å²) in [4.78, 5) is 22.1. The maximum Gasteiger partial charge on any atom is 0.255 e. The van der Waals surface area contributed by atoms with Crippen LogP contribution in [0.1, 0.15) is 47.2 Å². The standard InChI is InChI=1S/C26H28N6O2/c1-18-13-19(14-27)6-8-22(18)23-16-29-32(26(23)34)24-9-7-20(15-28-24)25(33)31-12-4-5-21(31)17-30-10-2-3-11-30/h6-9,13,15-16,21,34H,2-5,10-12,17H2,1H3/t21-/m0/s1. The molecule has 174 valence electrons. The molecule has 2 fully saturated rings. The van der Waals surface area contributed by atoms with Crippen molar-refractivity contribution in [3.63, 3.8) is 0 Å². The van der Waals surface area contributed by atoms with Gasteiger partial charge in [-0.15, -0.1) is 0 Å². The van der Waals surface area contributed by atoms with Crippen LogP contribution < -0.4 is 0 Å². The fourth-order valence-corrected chi connectivity index (χ4v) is 5.09. The van der Waals surface area contributed by atoms with Crippen LogP contribution in [0.15, 0.2) is 42.7 Å². The molecule has 8 nitrogen and oxygen atoms in total. The summed E-state index contributed by atoms with van der Waals surface area (Å²) in [5.41, 5.74) is 3.35. The maximum absolute atomic E-state index is 13.2. The Hall–Kier alpha value is -3.70. The van der Waals surface area contributed by atoms with Crippen LogP contribution in [0.2, 0.25) is 0 Å². The SMILES string of the molecule is Cc1cc(C#N)ccc1-c1cnn(-c2ccc(C(=O)N3CCC[C@H]3CN3CCCC3)cn2)c1O. The van der Waals surface area contributed by atoms with E-state index >= 15 is 0 Å². The third kappa shape index (κ3) is 4.15. The number of aromatic nitrogens is 3. The Balaban J connectivity index is 1.33. The van der Waals surface area contributed by atoms with E-state index < -0.39 is 0 Å². The van der Waals surface area contributed by atoms with E-state index in [0.717, 1.165) is 50.1 Å². The summed E-state index contributed by atoms with van der Waals surface area (Å²) in [6.07, 6.45) is 7.73. The molecule has 0 bridgehead atoms. The highest BCUT2D eigenvalue weighted by atomic mass is 16.3. The molecule has 1 atom stereocenters. The zero-order valence-corrected chi connectivity index (χ0v) is 19.3. The molecule has 0 saturated carbocycles. The number of pyridine rings is 1. The van der Waals surface area contributed by atoms with Gasteiger partial charge in [0.2, 0.25) is 5.88 Å². The van der Waals surface area contributed by atoms with Gasteiger partial charge in [-0.3, -0.25) is 4.79 Å². The molecule has 2 saturated heterocycles. The predicted molar refractivity (Wildman–Crippen MR) is 128 cm³/mol. The molecule has 1 aromatic carbocycles. The number of carbonyl (C=O) groups excluding carboxylic acids is 1. The first-order valence-electron chi connectivity index (χ1n) is 11.8. The van der Waals surface area contributed by atoms with Crippen LogP contribution in [0.4, 0.5) is 0 Å². The normalized spacial score (nSPS) is 18.4. The smallest absolute Gasteiger partial charge is 0.255 e. The van der Waals surface area contributed by atoms with Gasteiger partial charge in [0.15, 0.2) is 5.82 Å². The van der Waals surface area contributed by atoms with Gasteiger partial charge in [-0.25, -0.2) is 4.98 Å². The number of carbonyl (C=O) groups is 1. The van der Waals surface area contributed by atoms with Crippen molar-refractivity contribution in [3.05, 3.63) is 59.4 Å². The fraction of sp³-hybridized carbons (Fsp3) is 0.385. The van der Waals surface area contributed by atoms with E-state index in [1.165, 1.54) is 17.5 Å². The highest BCUT2D eigenvalue weighted by Gasteiger charge is 2.31. The van der Waals surface area contributed by atoms with Crippen LogP contribution in [0.3, 0.4) is 0 Å². The summed E-state index contributed by atoms with van der Waals surface area (Å²) in [7, 11) is 0. The summed E-state index contributed by atoms with van der Waals surface area (Å²) < 4.78 is 1.35. The third-order valence-corrected chi connectivity index (χ3v) is 6.91. The third-order valence-electron chi connectivity index (χ3n) is 6.91. The number of hydrogen-bond acceptors (Lipinski definition) is 6. The zero-order valence-electron chi connectivity index (χ0n) is 19.3. The number of rotatable bonds is 5. The Bertz CT molecular complexity index is 1240. The van der Waals surface area contributed by atoms with Crippen LogP contribution in [-0.4, -0.2) is 67.8 Å². The molecule has 0 spiro atoms. The van der Waals surface area contributed by atoms with Crippen molar-refractivity contribution in [2.75, 3.05) is 26.2 Å². The number of aromatic hydroxyl groups is 1. The Morgan fingerprint density at radius 2 is 1.94 bits per heavy atom. The number of amides is 1. The van der Waals surface area contributed by atoms with Crippen molar-refractivity contribution in [3.8, 4) is 28.9 Å². The van der Waals surface area contributed by atoms with E-state index in [1.807, 2.05) is 11.8 Å². The molecule has 3 aromatic rings. The van der Waals surface area contributed by atoms with Gasteiger partial charge in [0, 0.05) is 25.3 Å². The lowest BCUT2D eigenvalue weighted by Crippen LogP contribution is -2.42. The van der Waals surface area contributed by atoms with Gasteiger partial charge in [-0.05, 0) is 81.1 Å². The van der Waals surface area contributed by atoms with Crippen molar-refractivity contribution in [2.45, 2.75) is 38.6 Å². The van der Waals surface area contributed by atoms with Crippen molar-refractivity contribution < 1.29 is 9.90 Å². The van der Waals surface area contributed by atoms with Gasteiger partial charge < -0.3 is 14.9 Å². The maximum atomic E-state index is 13.2. The molecule has 0 aliphatic carbocycles. The number of likely N-dealkylation sites (tertiary alicyclic amines) is 2. The fourth-order valence-electron chi connectivity index (χ4n) is 5.09. The van der Waals surface area contributed by atoms with Gasteiger partial charge in [-0.1, -0.05) is 6.07 Å². The highest BCUT2D eigenvalue weighted by Crippen LogP contribution is 2.33. The molecule has 0 unspecified atom stereocenters. The lowest BCUT2D eigenvalue weighted by Gasteiger charge is -2.28. The summed E-state index contributed by atoms with van der Waals surface area (Å²) >= 11 is 0. The zero-order chi connectivity index (χ0) is 23.7. The average molecular weight is 457 g/mol. The van der Waals surface area contributed by atoms with Gasteiger partial charge in [0.1, 0.15) is 0 Å². The lowest BCUT2D eigenvalue weighted by atomic mass is 10.0. The van der Waals surface area contributed by atoms with E-state index in [2.05, 4.69) is 21.1 Å². The van der Waals surface area contributed by atoms with E-state index in [9.17, 15) is 9.90 Å². The monoisotopic (exact) mass is 456 g/mol. The molecule has 1 amide bonds. The Morgan fingerprint density at radius 3 is 2.65 bits per heavy atom. The van der Waals surface area contributed by atoms with Crippen molar-refractivity contribution in [1.29, 1.82) is 5.26 Å². The second-order valence-corrected chi connectivity index (χ2v) is 9.14. The molecule has 2 aliphatic rings. The van der Waals surface area contributed by atoms with Gasteiger partial charge in [0.25, 0.3) is 5.91 Å². The minimum Gasteiger partial charge on any atom is -0.493 e. The molecular weight excluding hydrogens is 428 g/mol. The molecule has 1 N–H and O–H groups in total. The van der Waals surface area contributed by atoms with Crippen molar-refractivity contribution in [1.82, 2.24) is 24.6 Å². The van der Waals surface area contributed by atoms with Crippen LogP contribution in [0, 0.1) is 18.3 Å². The minimum absolute atomic E-state index is 0.0133. The van der Waals surface area contributed by atoms with E-state index in [1.54, 1.807) is 42.7 Å². The molecule has 0 radical (unpaired) electrons. The quantitative estimate of drug-likeness (QED) is 0.631. The second kappa shape index (κ2) is 9.27. The van der Waals surface area contributed by atoms with E-state index in [0.29, 0.717) is 22.5 Å². The van der Waals surface area contributed by atoms with E-state index in [-0.39, 0.29) is 17.8 Å². The number of nitriles is 1. The Morgan fingerprint density at radius 1 is 1.12 bits per heavy atom. The van der Waals surface area contributed by atoms with Crippen LogP contribution >= 0.6 is 0 Å². The summed E-state index contributed by atoms with van der Waals surface area (Å²) in [5.74, 6) is 0.408. The molecule has 2 aromatic heterocycles. The number of aryl methyl sites for hydroxylation is 1. The lowest BCUT2D eigenvalue weighted by molar-refractivity contribution is 0.0708. The number of hydrogen-bond donors (Lipinski definition) is 1. The molecule has 2 aliphatic heterocycles. The topological polar surface area (TPSA) is 98.3 Å². The first kappa shape index (κ1) is 22.1. The van der Waals surface area contributed by atoms with Crippen molar-refractivity contribution in [2.24, 2.45) is 0 Å². The molecule has 8 heteroatoms. The highest BCUT2D eigenvalue weighted by molar-refractivity contribution is 5.94. The minimum atomic E-state index is -0.0374. The largest absolute Gasteiger partial charge is 0.493 e. The van der Waals surface area contributed by atoms with Gasteiger partial charge in [-0.2, -0.15) is 15.0 Å². The van der Waals surface area contributed by atoms with Crippen LogP contribution in [-0.2, 0) is 0 Å². The Kier molecular flexibility index (Phi) is 6.03. The second-order valence-electron chi connectivity index (χ2n) is 9.14. The molecule has 4 heterocycles. The van der Waals surface area contributed by atoms with Gasteiger partial charge in [0.05, 0.1) is 29.0 Å². The first-order chi connectivity index (χ1) is 16.5. The number of nitrogens with zero attached hydrogens (tertiary/aromatic N) is 6. The first-order valence-corrected chi connectivity index (χ1v) is 11.8. The van der Waals surface area contributed by atoms with Crippen molar-refractivity contribution >= 4 is 5.91 Å².